The van der Waals surface area contributed by atoms with Gasteiger partial charge in [0, 0.05) is 24.2 Å². The van der Waals surface area contributed by atoms with Gasteiger partial charge in [0.2, 0.25) is 0 Å². The van der Waals surface area contributed by atoms with Gasteiger partial charge in [-0.2, -0.15) is 5.26 Å². The number of benzene rings is 1. The predicted octanol–water partition coefficient (Wildman–Crippen LogP) is 1.05. The standard InChI is InChI=1S/C14H13N3O3/c1-16(9-14(19)20)11-3-4-12-10(8-11)2-5-13(18)17(12)7-6-15/h2-5,8H,7,9H2,1H3,(H,19,20). The first-order valence-electron chi connectivity index (χ1n) is 5.96. The lowest BCUT2D eigenvalue weighted by Crippen LogP contribution is -2.25. The van der Waals surface area contributed by atoms with Crippen LogP contribution in [0.25, 0.3) is 10.9 Å². The quantitative estimate of drug-likeness (QED) is 0.898. The molecule has 0 unspecified atom stereocenters. The Morgan fingerprint density at radius 2 is 2.15 bits per heavy atom. The third-order valence-electron chi connectivity index (χ3n) is 3.02. The topological polar surface area (TPSA) is 86.3 Å². The van der Waals surface area contributed by atoms with Gasteiger partial charge in [0.25, 0.3) is 5.56 Å². The first-order chi connectivity index (χ1) is 9.52. The van der Waals surface area contributed by atoms with E-state index in [1.54, 1.807) is 36.2 Å². The Morgan fingerprint density at radius 3 is 2.80 bits per heavy atom. The minimum Gasteiger partial charge on any atom is -0.480 e. The summed E-state index contributed by atoms with van der Waals surface area (Å²) in [4.78, 5) is 24.0. The summed E-state index contributed by atoms with van der Waals surface area (Å²) in [5.74, 6) is -0.915. The van der Waals surface area contributed by atoms with E-state index in [1.807, 2.05) is 6.07 Å². The minimum atomic E-state index is -0.915. The van der Waals surface area contributed by atoms with Crippen LogP contribution in [-0.2, 0) is 11.3 Å². The van der Waals surface area contributed by atoms with Crippen molar-refractivity contribution in [3.63, 3.8) is 0 Å². The normalized spacial score (nSPS) is 10.2. The molecule has 0 fully saturated rings. The molecule has 20 heavy (non-hydrogen) atoms. The number of likely N-dealkylation sites (N-methyl/N-ethyl adjacent to an activating group) is 1. The van der Waals surface area contributed by atoms with Crippen molar-refractivity contribution in [2.24, 2.45) is 0 Å². The second-order valence-corrected chi connectivity index (χ2v) is 4.41. The molecular formula is C14H13N3O3. The van der Waals surface area contributed by atoms with E-state index >= 15 is 0 Å². The SMILES string of the molecule is CN(CC(=O)O)c1ccc2c(ccc(=O)n2CC#N)c1. The van der Waals surface area contributed by atoms with Gasteiger partial charge in [-0.15, -0.1) is 0 Å². The number of aliphatic carboxylic acids is 1. The number of fused-ring (bicyclic) bond motifs is 1. The predicted molar refractivity (Wildman–Crippen MR) is 74.7 cm³/mol. The molecule has 2 aromatic rings. The van der Waals surface area contributed by atoms with E-state index in [1.165, 1.54) is 10.6 Å². The number of carboxylic acids is 1. The Balaban J connectivity index is 2.51. The second-order valence-electron chi connectivity index (χ2n) is 4.41. The molecular weight excluding hydrogens is 258 g/mol. The van der Waals surface area contributed by atoms with Gasteiger partial charge in [-0.05, 0) is 24.3 Å². The van der Waals surface area contributed by atoms with E-state index in [9.17, 15) is 9.59 Å². The van der Waals surface area contributed by atoms with Crippen LogP contribution in [-0.4, -0.2) is 29.2 Å². The van der Waals surface area contributed by atoms with Crippen molar-refractivity contribution in [3.05, 3.63) is 40.7 Å². The molecule has 2 rings (SSSR count). The number of hydrogen-bond donors (Lipinski definition) is 1. The van der Waals surface area contributed by atoms with Crippen LogP contribution in [0.3, 0.4) is 0 Å². The average molecular weight is 271 g/mol. The van der Waals surface area contributed by atoms with Crippen LogP contribution >= 0.6 is 0 Å². The molecule has 0 aliphatic rings. The number of anilines is 1. The largest absolute Gasteiger partial charge is 0.480 e. The highest BCUT2D eigenvalue weighted by Gasteiger charge is 2.08. The van der Waals surface area contributed by atoms with Gasteiger partial charge in [-0.3, -0.25) is 14.2 Å². The molecule has 0 spiro atoms. The number of carboxylic acid groups (broad SMARTS) is 1. The minimum absolute atomic E-state index is 0.0134. The highest BCUT2D eigenvalue weighted by molar-refractivity contribution is 5.84. The highest BCUT2D eigenvalue weighted by atomic mass is 16.4. The molecule has 0 amide bonds. The van der Waals surface area contributed by atoms with E-state index in [0.717, 1.165) is 11.1 Å². The molecule has 1 heterocycles. The van der Waals surface area contributed by atoms with Crippen LogP contribution < -0.4 is 10.5 Å². The monoisotopic (exact) mass is 271 g/mol. The summed E-state index contributed by atoms with van der Waals surface area (Å²) in [6.07, 6.45) is 0. The summed E-state index contributed by atoms with van der Waals surface area (Å²) in [6, 6.07) is 10.3. The zero-order valence-corrected chi connectivity index (χ0v) is 10.9. The molecule has 0 saturated carbocycles. The molecule has 0 bridgehead atoms. The van der Waals surface area contributed by atoms with Crippen molar-refractivity contribution in [1.82, 2.24) is 4.57 Å². The Kier molecular flexibility index (Phi) is 3.71. The molecule has 0 aliphatic carbocycles. The van der Waals surface area contributed by atoms with Gasteiger partial charge in [0.1, 0.15) is 13.1 Å². The van der Waals surface area contributed by atoms with Crippen LogP contribution in [0.5, 0.6) is 0 Å². The van der Waals surface area contributed by atoms with Crippen LogP contribution in [0, 0.1) is 11.3 Å². The lowest BCUT2D eigenvalue weighted by molar-refractivity contribution is -0.135. The summed E-state index contributed by atoms with van der Waals surface area (Å²) in [5, 5.41) is 18.3. The highest BCUT2D eigenvalue weighted by Crippen LogP contribution is 2.20. The molecule has 0 saturated heterocycles. The fourth-order valence-corrected chi connectivity index (χ4v) is 2.06. The molecule has 6 nitrogen and oxygen atoms in total. The number of nitriles is 1. The third kappa shape index (κ3) is 2.62. The zero-order chi connectivity index (χ0) is 14.7. The summed E-state index contributed by atoms with van der Waals surface area (Å²) in [6.45, 7) is -0.121. The molecule has 102 valence electrons. The van der Waals surface area contributed by atoms with Gasteiger partial charge in [-0.1, -0.05) is 0 Å². The van der Waals surface area contributed by atoms with E-state index < -0.39 is 5.97 Å². The zero-order valence-electron chi connectivity index (χ0n) is 10.9. The molecule has 0 radical (unpaired) electrons. The van der Waals surface area contributed by atoms with Gasteiger partial charge in [-0.25, -0.2) is 0 Å². The van der Waals surface area contributed by atoms with Crippen LogP contribution in [0.2, 0.25) is 0 Å². The average Bonchev–Trinajstić information content (AvgIpc) is 2.41. The molecule has 1 aromatic carbocycles. The van der Waals surface area contributed by atoms with E-state index in [-0.39, 0.29) is 18.6 Å². The number of carbonyl (C=O) groups is 1. The Bertz CT molecular complexity index is 758. The van der Waals surface area contributed by atoms with Crippen molar-refractivity contribution in [2.45, 2.75) is 6.54 Å². The molecule has 6 heteroatoms. The van der Waals surface area contributed by atoms with Crippen molar-refractivity contribution in [1.29, 1.82) is 5.26 Å². The number of rotatable bonds is 4. The van der Waals surface area contributed by atoms with Crippen LogP contribution in [0.4, 0.5) is 5.69 Å². The summed E-state index contributed by atoms with van der Waals surface area (Å²) in [7, 11) is 1.68. The smallest absolute Gasteiger partial charge is 0.323 e. The van der Waals surface area contributed by atoms with Crippen molar-refractivity contribution >= 4 is 22.6 Å². The van der Waals surface area contributed by atoms with Crippen LogP contribution in [0.1, 0.15) is 0 Å². The van der Waals surface area contributed by atoms with E-state index in [2.05, 4.69) is 0 Å². The number of pyridine rings is 1. The maximum absolute atomic E-state index is 11.7. The lowest BCUT2D eigenvalue weighted by atomic mass is 10.2. The number of hydrogen-bond acceptors (Lipinski definition) is 4. The second kappa shape index (κ2) is 5.45. The Morgan fingerprint density at radius 1 is 1.40 bits per heavy atom. The summed E-state index contributed by atoms with van der Waals surface area (Å²) >= 11 is 0. The van der Waals surface area contributed by atoms with Crippen molar-refractivity contribution in [3.8, 4) is 6.07 Å². The van der Waals surface area contributed by atoms with Crippen molar-refractivity contribution in [2.75, 3.05) is 18.5 Å². The van der Waals surface area contributed by atoms with Crippen molar-refractivity contribution < 1.29 is 9.90 Å². The summed E-state index contributed by atoms with van der Waals surface area (Å²) in [5.41, 5.74) is 1.17. The van der Waals surface area contributed by atoms with E-state index in [4.69, 9.17) is 10.4 Å². The van der Waals surface area contributed by atoms with Gasteiger partial charge < -0.3 is 10.0 Å². The maximum Gasteiger partial charge on any atom is 0.323 e. The number of aromatic nitrogens is 1. The Labute approximate surface area is 115 Å². The summed E-state index contributed by atoms with van der Waals surface area (Å²) < 4.78 is 1.39. The molecule has 0 atom stereocenters. The Hall–Kier alpha value is -2.81. The first kappa shape index (κ1) is 13.6. The third-order valence-corrected chi connectivity index (χ3v) is 3.02. The number of nitrogens with zero attached hydrogens (tertiary/aromatic N) is 3. The molecule has 1 N–H and O–H groups in total. The van der Waals surface area contributed by atoms with Crippen LogP contribution in [0.15, 0.2) is 35.1 Å². The fourth-order valence-electron chi connectivity index (χ4n) is 2.06. The maximum atomic E-state index is 11.7. The van der Waals surface area contributed by atoms with Gasteiger partial charge in [0.05, 0.1) is 11.6 Å². The van der Waals surface area contributed by atoms with E-state index in [0.29, 0.717) is 5.52 Å². The first-order valence-corrected chi connectivity index (χ1v) is 5.96. The molecule has 0 aliphatic heterocycles. The fraction of sp³-hybridized carbons (Fsp3) is 0.214. The van der Waals surface area contributed by atoms with Gasteiger partial charge >= 0.3 is 5.97 Å². The molecule has 1 aromatic heterocycles. The lowest BCUT2D eigenvalue weighted by Gasteiger charge is -2.17. The van der Waals surface area contributed by atoms with Gasteiger partial charge in [0.15, 0.2) is 0 Å².